The molecule has 4 rings (SSSR count). The molecule has 1 aliphatic rings. The molecule has 1 heterocycles. The van der Waals surface area contributed by atoms with E-state index in [-0.39, 0.29) is 12.5 Å². The van der Waals surface area contributed by atoms with E-state index >= 15 is 0 Å². The Morgan fingerprint density at radius 3 is 2.31 bits per heavy atom. The quantitative estimate of drug-likeness (QED) is 0.504. The van der Waals surface area contributed by atoms with Crippen molar-refractivity contribution in [2.75, 3.05) is 33.9 Å². The number of rotatable bonds is 8. The Morgan fingerprint density at radius 2 is 1.71 bits per heavy atom. The van der Waals surface area contributed by atoms with E-state index in [0.29, 0.717) is 35.8 Å². The molecule has 8 nitrogen and oxygen atoms in total. The number of hydrogen-bond acceptors (Lipinski definition) is 5. The molecule has 1 saturated heterocycles. The molecule has 0 aromatic heterocycles. The summed E-state index contributed by atoms with van der Waals surface area (Å²) in [6.45, 7) is 2.17. The number of hydrogen-bond donors (Lipinski definition) is 1. The van der Waals surface area contributed by atoms with E-state index < -0.39 is 15.9 Å². The Labute approximate surface area is 205 Å². The van der Waals surface area contributed by atoms with Crippen LogP contribution in [-0.4, -0.2) is 39.6 Å². The van der Waals surface area contributed by atoms with Gasteiger partial charge in [0.05, 0.1) is 11.9 Å². The van der Waals surface area contributed by atoms with E-state index in [1.165, 1.54) is 0 Å². The van der Waals surface area contributed by atoms with Crippen LogP contribution in [0.1, 0.15) is 18.4 Å². The maximum atomic E-state index is 12.7. The molecule has 0 bridgehead atoms. The van der Waals surface area contributed by atoms with Gasteiger partial charge in [0.2, 0.25) is 21.8 Å². The maximum Gasteiger partial charge on any atom is 0.245 e. The first-order chi connectivity index (χ1) is 16.7. The summed E-state index contributed by atoms with van der Waals surface area (Å²) in [4.78, 5) is 26.5. The summed E-state index contributed by atoms with van der Waals surface area (Å²) < 4.78 is 31.7. The van der Waals surface area contributed by atoms with Crippen molar-refractivity contribution in [1.29, 1.82) is 0 Å². The first-order valence-electron chi connectivity index (χ1n) is 11.2. The number of ether oxygens (including phenoxy) is 1. The summed E-state index contributed by atoms with van der Waals surface area (Å²) in [7, 11) is -3.72. The largest absolute Gasteiger partial charge is 0.457 e. The molecule has 0 saturated carbocycles. The minimum absolute atomic E-state index is 0.0915. The molecule has 9 heteroatoms. The van der Waals surface area contributed by atoms with Gasteiger partial charge >= 0.3 is 0 Å². The average Bonchev–Trinajstić information content (AvgIpc) is 3.24. The smallest absolute Gasteiger partial charge is 0.245 e. The minimum Gasteiger partial charge on any atom is -0.457 e. The van der Waals surface area contributed by atoms with Gasteiger partial charge in [-0.05, 0) is 73.5 Å². The molecule has 2 amide bonds. The standard InChI is InChI=1S/C26H27N3O5S/c1-19-17-20(10-15-24(19)28-16-6-9-26(28)31)27-25(30)18-29(35(2,32)33)21-11-13-23(14-12-21)34-22-7-4-3-5-8-22/h3-5,7-8,10-15,17H,6,9,16,18H2,1-2H3,(H,27,30). The fourth-order valence-electron chi connectivity index (χ4n) is 3.97. The zero-order valence-electron chi connectivity index (χ0n) is 19.6. The van der Waals surface area contributed by atoms with Gasteiger partial charge in [0.15, 0.2) is 0 Å². The topological polar surface area (TPSA) is 96.0 Å². The van der Waals surface area contributed by atoms with Gasteiger partial charge < -0.3 is 15.0 Å². The predicted molar refractivity (Wildman–Crippen MR) is 137 cm³/mol. The lowest BCUT2D eigenvalue weighted by atomic mass is 10.1. The molecule has 3 aromatic rings. The number of aryl methyl sites for hydroxylation is 1. The molecule has 1 fully saturated rings. The van der Waals surface area contributed by atoms with Gasteiger partial charge in [-0.25, -0.2) is 8.42 Å². The van der Waals surface area contributed by atoms with E-state index in [0.717, 1.165) is 28.2 Å². The van der Waals surface area contributed by atoms with Crippen molar-refractivity contribution in [2.24, 2.45) is 0 Å². The predicted octanol–water partition coefficient (Wildman–Crippen LogP) is 4.32. The van der Waals surface area contributed by atoms with Crippen LogP contribution in [0, 0.1) is 6.92 Å². The van der Waals surface area contributed by atoms with Crippen molar-refractivity contribution in [3.63, 3.8) is 0 Å². The molecule has 0 atom stereocenters. The van der Waals surface area contributed by atoms with Gasteiger partial charge in [-0.3, -0.25) is 13.9 Å². The maximum absolute atomic E-state index is 12.7. The molecule has 1 N–H and O–H groups in total. The summed E-state index contributed by atoms with van der Waals surface area (Å²) in [6.07, 6.45) is 2.43. The number of anilines is 3. The lowest BCUT2D eigenvalue weighted by molar-refractivity contribution is -0.117. The lowest BCUT2D eigenvalue weighted by Gasteiger charge is -2.22. The molecule has 35 heavy (non-hydrogen) atoms. The van der Waals surface area contributed by atoms with Crippen LogP contribution >= 0.6 is 0 Å². The number of benzene rings is 3. The van der Waals surface area contributed by atoms with Crippen LogP contribution in [0.2, 0.25) is 0 Å². The Kier molecular flexibility index (Phi) is 7.07. The van der Waals surface area contributed by atoms with Gasteiger partial charge in [0.1, 0.15) is 18.0 Å². The third-order valence-electron chi connectivity index (χ3n) is 5.64. The second kappa shape index (κ2) is 10.2. The van der Waals surface area contributed by atoms with Gasteiger partial charge in [-0.2, -0.15) is 0 Å². The van der Waals surface area contributed by atoms with Crippen molar-refractivity contribution in [1.82, 2.24) is 0 Å². The van der Waals surface area contributed by atoms with Crippen molar-refractivity contribution in [2.45, 2.75) is 19.8 Å². The summed E-state index contributed by atoms with van der Waals surface area (Å²) in [6, 6.07) is 21.0. The summed E-state index contributed by atoms with van der Waals surface area (Å²) in [5, 5.41) is 2.75. The van der Waals surface area contributed by atoms with Crippen molar-refractivity contribution in [3.8, 4) is 11.5 Å². The number of sulfonamides is 1. The lowest BCUT2D eigenvalue weighted by Crippen LogP contribution is -2.37. The summed E-state index contributed by atoms with van der Waals surface area (Å²) in [5.74, 6) is 0.818. The molecule has 0 aliphatic carbocycles. The van der Waals surface area contributed by atoms with Gasteiger partial charge in [-0.15, -0.1) is 0 Å². The van der Waals surface area contributed by atoms with Gasteiger partial charge in [-0.1, -0.05) is 18.2 Å². The highest BCUT2D eigenvalue weighted by atomic mass is 32.2. The first kappa shape index (κ1) is 24.3. The summed E-state index contributed by atoms with van der Waals surface area (Å²) in [5.41, 5.74) is 2.55. The molecule has 1 aliphatic heterocycles. The van der Waals surface area contributed by atoms with Crippen LogP contribution in [0.25, 0.3) is 0 Å². The van der Waals surface area contributed by atoms with Crippen LogP contribution in [0.4, 0.5) is 17.1 Å². The van der Waals surface area contributed by atoms with Gasteiger partial charge in [0, 0.05) is 24.3 Å². The molecule has 0 radical (unpaired) electrons. The van der Waals surface area contributed by atoms with Crippen LogP contribution < -0.4 is 19.3 Å². The van der Waals surface area contributed by atoms with E-state index in [9.17, 15) is 18.0 Å². The zero-order valence-corrected chi connectivity index (χ0v) is 20.4. The summed E-state index contributed by atoms with van der Waals surface area (Å²) >= 11 is 0. The van der Waals surface area contributed by atoms with Crippen LogP contribution in [0.3, 0.4) is 0 Å². The first-order valence-corrected chi connectivity index (χ1v) is 13.1. The zero-order chi connectivity index (χ0) is 25.0. The molecule has 0 spiro atoms. The molecular formula is C26H27N3O5S. The third kappa shape index (κ3) is 5.99. The van der Waals surface area contributed by atoms with Crippen molar-refractivity contribution >= 4 is 38.9 Å². The number of carbonyl (C=O) groups is 2. The van der Waals surface area contributed by atoms with Crippen molar-refractivity contribution in [3.05, 3.63) is 78.4 Å². The van der Waals surface area contributed by atoms with E-state index in [2.05, 4.69) is 5.32 Å². The second-order valence-electron chi connectivity index (χ2n) is 8.38. The number of nitrogens with one attached hydrogen (secondary N) is 1. The Balaban J connectivity index is 1.45. The van der Waals surface area contributed by atoms with Crippen LogP contribution in [0.5, 0.6) is 11.5 Å². The minimum atomic E-state index is -3.72. The number of amides is 2. The van der Waals surface area contributed by atoms with E-state index in [4.69, 9.17) is 4.74 Å². The highest BCUT2D eigenvalue weighted by Gasteiger charge is 2.24. The van der Waals surface area contributed by atoms with Crippen LogP contribution in [-0.2, 0) is 19.6 Å². The highest BCUT2D eigenvalue weighted by molar-refractivity contribution is 7.92. The SMILES string of the molecule is Cc1cc(NC(=O)CN(c2ccc(Oc3ccccc3)cc2)S(C)(=O)=O)ccc1N1CCCC1=O. The Morgan fingerprint density at radius 1 is 1.03 bits per heavy atom. The normalized spacial score (nSPS) is 13.5. The second-order valence-corrected chi connectivity index (χ2v) is 10.3. The average molecular weight is 494 g/mol. The fraction of sp³-hybridized carbons (Fsp3) is 0.231. The Hall–Kier alpha value is -3.85. The van der Waals surface area contributed by atoms with Gasteiger partial charge in [0.25, 0.3) is 0 Å². The van der Waals surface area contributed by atoms with E-state index in [1.807, 2.05) is 37.3 Å². The number of para-hydroxylation sites is 1. The molecule has 0 unspecified atom stereocenters. The van der Waals surface area contributed by atoms with Crippen LogP contribution in [0.15, 0.2) is 72.8 Å². The number of nitrogens with zero attached hydrogens (tertiary/aromatic N) is 2. The van der Waals surface area contributed by atoms with Crippen molar-refractivity contribution < 1.29 is 22.7 Å². The Bertz CT molecular complexity index is 1320. The monoisotopic (exact) mass is 493 g/mol. The molecule has 3 aromatic carbocycles. The number of carbonyl (C=O) groups excluding carboxylic acids is 2. The highest BCUT2D eigenvalue weighted by Crippen LogP contribution is 2.28. The third-order valence-corrected chi connectivity index (χ3v) is 6.78. The fourth-order valence-corrected chi connectivity index (χ4v) is 4.83. The molecular weight excluding hydrogens is 466 g/mol. The molecule has 182 valence electrons. The van der Waals surface area contributed by atoms with E-state index in [1.54, 1.807) is 47.4 Å².